The minimum absolute atomic E-state index is 0.00102. The van der Waals surface area contributed by atoms with Crippen molar-refractivity contribution in [2.24, 2.45) is 11.8 Å². The Morgan fingerprint density at radius 1 is 1.19 bits per heavy atom. The molecular formula is C23H33N5O3. The van der Waals surface area contributed by atoms with Gasteiger partial charge in [0, 0.05) is 24.7 Å². The molecule has 0 bridgehead atoms. The summed E-state index contributed by atoms with van der Waals surface area (Å²) in [5.74, 6) is -2.07. The van der Waals surface area contributed by atoms with Gasteiger partial charge in [-0.05, 0) is 44.7 Å². The molecule has 3 saturated heterocycles. The van der Waals surface area contributed by atoms with E-state index in [4.69, 9.17) is 0 Å². The topological polar surface area (TPSA) is 103 Å². The number of piperidine rings is 2. The molecule has 3 aliphatic heterocycles. The van der Waals surface area contributed by atoms with Crippen molar-refractivity contribution >= 4 is 23.4 Å². The van der Waals surface area contributed by atoms with Crippen LogP contribution in [0.1, 0.15) is 50.2 Å². The maximum Gasteiger partial charge on any atom is 0.229 e. The van der Waals surface area contributed by atoms with Crippen molar-refractivity contribution in [3.8, 4) is 0 Å². The van der Waals surface area contributed by atoms with E-state index in [0.717, 1.165) is 36.9 Å². The highest BCUT2D eigenvalue weighted by Gasteiger charge is 2.49. The van der Waals surface area contributed by atoms with Crippen LogP contribution in [0.4, 0.5) is 5.69 Å². The fourth-order valence-corrected chi connectivity index (χ4v) is 5.22. The quantitative estimate of drug-likeness (QED) is 0.584. The number of hydrogen-bond acceptors (Lipinski definition) is 5. The van der Waals surface area contributed by atoms with E-state index in [1.807, 2.05) is 32.0 Å². The summed E-state index contributed by atoms with van der Waals surface area (Å²) in [5.41, 5.74) is 2.77. The van der Waals surface area contributed by atoms with Crippen molar-refractivity contribution in [2.75, 3.05) is 11.9 Å². The molecule has 3 amide bonds. The van der Waals surface area contributed by atoms with Crippen LogP contribution >= 0.6 is 0 Å². The summed E-state index contributed by atoms with van der Waals surface area (Å²) < 4.78 is 0. The summed E-state index contributed by atoms with van der Waals surface area (Å²) in [4.78, 5) is 41.0. The molecule has 5 unspecified atom stereocenters. The first-order chi connectivity index (χ1) is 14.9. The number of fused-ring (bicyclic) bond motifs is 1. The van der Waals surface area contributed by atoms with E-state index in [1.54, 1.807) is 0 Å². The van der Waals surface area contributed by atoms with Crippen molar-refractivity contribution in [1.29, 1.82) is 0 Å². The molecule has 31 heavy (non-hydrogen) atoms. The normalized spacial score (nSPS) is 31.4. The second-order valence-electron chi connectivity index (χ2n) is 9.06. The average Bonchev–Trinajstić information content (AvgIpc) is 2.74. The minimum Gasteiger partial charge on any atom is -0.340 e. The molecule has 4 N–H and O–H groups in total. The highest BCUT2D eigenvalue weighted by Crippen LogP contribution is 2.30. The molecule has 8 nitrogen and oxygen atoms in total. The molecule has 1 aromatic carbocycles. The number of hydrogen-bond donors (Lipinski definition) is 4. The first kappa shape index (κ1) is 21.8. The fourth-order valence-electron chi connectivity index (χ4n) is 5.22. The molecule has 8 heteroatoms. The van der Waals surface area contributed by atoms with Gasteiger partial charge in [0.1, 0.15) is 6.29 Å². The SMILES string of the molecule is CCC1CCCCN1C1NC(=O)C2C(NC(=O)CC2C(=O)Nc2ccc(C)cc2C)N1. The van der Waals surface area contributed by atoms with E-state index in [9.17, 15) is 14.4 Å². The van der Waals surface area contributed by atoms with Crippen molar-refractivity contribution in [3.05, 3.63) is 29.3 Å². The lowest BCUT2D eigenvalue weighted by Gasteiger charge is -2.49. The summed E-state index contributed by atoms with van der Waals surface area (Å²) in [5, 5.41) is 12.3. The van der Waals surface area contributed by atoms with E-state index < -0.39 is 18.0 Å². The number of amides is 3. The predicted molar refractivity (Wildman–Crippen MR) is 118 cm³/mol. The second-order valence-corrected chi connectivity index (χ2v) is 9.06. The van der Waals surface area contributed by atoms with Gasteiger partial charge >= 0.3 is 0 Å². The Morgan fingerprint density at radius 2 is 2.00 bits per heavy atom. The minimum atomic E-state index is -0.726. The maximum absolute atomic E-state index is 13.2. The summed E-state index contributed by atoms with van der Waals surface area (Å²) in [6.45, 7) is 6.99. The number of benzene rings is 1. The van der Waals surface area contributed by atoms with Crippen LogP contribution in [0.25, 0.3) is 0 Å². The molecule has 0 aliphatic carbocycles. The molecular weight excluding hydrogens is 394 g/mol. The zero-order chi connectivity index (χ0) is 22.1. The Morgan fingerprint density at radius 3 is 2.74 bits per heavy atom. The molecule has 0 spiro atoms. The molecule has 168 valence electrons. The molecule has 0 saturated carbocycles. The number of aryl methyl sites for hydroxylation is 2. The summed E-state index contributed by atoms with van der Waals surface area (Å²) >= 11 is 0. The third-order valence-corrected chi connectivity index (χ3v) is 6.89. The Kier molecular flexibility index (Phi) is 6.29. The zero-order valence-corrected chi connectivity index (χ0v) is 18.5. The molecule has 3 fully saturated rings. The smallest absolute Gasteiger partial charge is 0.229 e. The number of anilines is 1. The van der Waals surface area contributed by atoms with Crippen molar-refractivity contribution < 1.29 is 14.4 Å². The van der Waals surface area contributed by atoms with Crippen LogP contribution in [0.15, 0.2) is 18.2 Å². The highest BCUT2D eigenvalue weighted by atomic mass is 16.2. The van der Waals surface area contributed by atoms with E-state index >= 15 is 0 Å². The average molecular weight is 428 g/mol. The lowest BCUT2D eigenvalue weighted by atomic mass is 9.80. The van der Waals surface area contributed by atoms with Crippen LogP contribution in [0, 0.1) is 25.7 Å². The summed E-state index contributed by atoms with van der Waals surface area (Å²) in [6.07, 6.45) is 3.50. The lowest BCUT2D eigenvalue weighted by Crippen LogP contribution is -2.75. The van der Waals surface area contributed by atoms with Crippen LogP contribution in [0.2, 0.25) is 0 Å². The molecule has 1 aromatic rings. The first-order valence-corrected chi connectivity index (χ1v) is 11.4. The second kappa shape index (κ2) is 8.96. The van der Waals surface area contributed by atoms with Gasteiger partial charge in [0.2, 0.25) is 17.7 Å². The van der Waals surface area contributed by atoms with Crippen molar-refractivity contribution in [1.82, 2.24) is 20.9 Å². The lowest BCUT2D eigenvalue weighted by molar-refractivity contribution is -0.148. The Hall–Kier alpha value is -2.45. The van der Waals surface area contributed by atoms with E-state index in [2.05, 4.69) is 33.1 Å². The van der Waals surface area contributed by atoms with Gasteiger partial charge < -0.3 is 16.0 Å². The number of carbonyl (C=O) groups is 3. The third-order valence-electron chi connectivity index (χ3n) is 6.89. The highest BCUT2D eigenvalue weighted by molar-refractivity contribution is 6.00. The van der Waals surface area contributed by atoms with E-state index in [-0.39, 0.29) is 30.4 Å². The zero-order valence-electron chi connectivity index (χ0n) is 18.5. The van der Waals surface area contributed by atoms with Crippen LogP contribution in [0.5, 0.6) is 0 Å². The van der Waals surface area contributed by atoms with Crippen LogP contribution in [-0.2, 0) is 14.4 Å². The van der Waals surface area contributed by atoms with Gasteiger partial charge in [-0.25, -0.2) is 0 Å². The van der Waals surface area contributed by atoms with Crippen molar-refractivity contribution in [3.63, 3.8) is 0 Å². The molecule has 3 aliphatic rings. The Labute approximate surface area is 183 Å². The largest absolute Gasteiger partial charge is 0.340 e. The van der Waals surface area contributed by atoms with Gasteiger partial charge in [0.15, 0.2) is 0 Å². The Bertz CT molecular complexity index is 873. The van der Waals surface area contributed by atoms with Gasteiger partial charge in [0.25, 0.3) is 0 Å². The van der Waals surface area contributed by atoms with Gasteiger partial charge in [0.05, 0.1) is 18.0 Å². The van der Waals surface area contributed by atoms with Gasteiger partial charge in [-0.2, -0.15) is 0 Å². The van der Waals surface area contributed by atoms with E-state index in [1.165, 1.54) is 6.42 Å². The predicted octanol–water partition coefficient (Wildman–Crippen LogP) is 1.59. The Balaban J connectivity index is 1.51. The molecule has 0 aromatic heterocycles. The standard InChI is InChI=1S/C23H33N5O3/c1-4-15-7-5-6-10-28(15)23-26-20-19(22(31)27-23)16(12-18(29)25-20)21(30)24-17-9-8-13(2)11-14(17)3/h8-9,11,15-16,19-20,23,26H,4-7,10,12H2,1-3H3,(H,24,30)(H,25,29)(H,27,31). The number of nitrogens with zero attached hydrogens (tertiary/aromatic N) is 1. The maximum atomic E-state index is 13.2. The third kappa shape index (κ3) is 4.45. The van der Waals surface area contributed by atoms with Crippen molar-refractivity contribution in [2.45, 2.75) is 71.4 Å². The van der Waals surface area contributed by atoms with Crippen LogP contribution in [-0.4, -0.2) is 47.7 Å². The van der Waals surface area contributed by atoms with Crippen LogP contribution in [0.3, 0.4) is 0 Å². The molecule has 0 radical (unpaired) electrons. The van der Waals surface area contributed by atoms with Gasteiger partial charge in [-0.1, -0.05) is 31.0 Å². The monoisotopic (exact) mass is 427 g/mol. The number of likely N-dealkylation sites (tertiary alicyclic amines) is 1. The van der Waals surface area contributed by atoms with Crippen LogP contribution < -0.4 is 21.3 Å². The summed E-state index contributed by atoms with van der Waals surface area (Å²) in [7, 11) is 0. The molecule has 5 atom stereocenters. The summed E-state index contributed by atoms with van der Waals surface area (Å²) in [6, 6.07) is 6.18. The first-order valence-electron chi connectivity index (χ1n) is 11.4. The van der Waals surface area contributed by atoms with E-state index in [0.29, 0.717) is 11.7 Å². The number of rotatable bonds is 4. The fraction of sp³-hybridized carbons (Fsp3) is 0.609. The van der Waals surface area contributed by atoms with Gasteiger partial charge in [-0.15, -0.1) is 0 Å². The number of carbonyl (C=O) groups excluding carboxylic acids is 3. The van der Waals surface area contributed by atoms with Gasteiger partial charge in [-0.3, -0.25) is 24.6 Å². The molecule has 3 heterocycles. The molecule has 4 rings (SSSR count). The number of nitrogens with one attached hydrogen (secondary N) is 4.